The summed E-state index contributed by atoms with van der Waals surface area (Å²) in [5, 5.41) is 21.0. The minimum absolute atomic E-state index is 0.0739. The quantitative estimate of drug-likeness (QED) is 0.128. The Morgan fingerprint density at radius 3 is 1.48 bits per heavy atom. The minimum Gasteiger partial charge on any atom is -0.507 e. The number of hydrogen-bond acceptors (Lipinski definition) is 6. The predicted molar refractivity (Wildman–Crippen MR) is 171 cm³/mol. The highest BCUT2D eigenvalue weighted by atomic mass is 16.3. The molecule has 0 spiro atoms. The Morgan fingerprint density at radius 1 is 0.591 bits per heavy atom. The van der Waals surface area contributed by atoms with Gasteiger partial charge in [-0.2, -0.15) is 0 Å². The van der Waals surface area contributed by atoms with Crippen molar-refractivity contribution in [3.05, 3.63) is 58.7 Å². The van der Waals surface area contributed by atoms with Crippen LogP contribution >= 0.6 is 0 Å². The number of benzene rings is 2. The van der Waals surface area contributed by atoms with Gasteiger partial charge < -0.3 is 10.2 Å². The largest absolute Gasteiger partial charge is 0.507 e. The predicted octanol–water partition coefficient (Wildman–Crippen LogP) is 5.62. The van der Waals surface area contributed by atoms with Crippen molar-refractivity contribution in [1.29, 1.82) is 0 Å². The lowest BCUT2D eigenvalue weighted by atomic mass is 9.92. The Kier molecular flexibility index (Phi) is 15.8. The van der Waals surface area contributed by atoms with Crippen LogP contribution in [0, 0.1) is 11.8 Å². The fraction of sp³-hybridized carbons (Fsp3) is 0.529. The molecule has 0 heterocycles. The number of aryl methyl sites for hydroxylation is 2. The maximum Gasteiger partial charge on any atom is 0.273 e. The molecule has 4 amide bonds. The van der Waals surface area contributed by atoms with E-state index >= 15 is 0 Å². The lowest BCUT2D eigenvalue weighted by Gasteiger charge is -2.19. The van der Waals surface area contributed by atoms with Crippen LogP contribution in [0.25, 0.3) is 0 Å². The number of carbonyl (C=O) groups excluding carboxylic acids is 4. The van der Waals surface area contributed by atoms with Gasteiger partial charge >= 0.3 is 0 Å². The van der Waals surface area contributed by atoms with E-state index in [1.807, 2.05) is 13.8 Å². The third-order valence-corrected chi connectivity index (χ3v) is 7.90. The van der Waals surface area contributed by atoms with E-state index < -0.39 is 11.8 Å². The Bertz CT molecular complexity index is 1250. The van der Waals surface area contributed by atoms with Crippen LogP contribution in [0.15, 0.2) is 36.4 Å². The lowest BCUT2D eigenvalue weighted by molar-refractivity contribution is -0.126. The maximum absolute atomic E-state index is 12.9. The highest BCUT2D eigenvalue weighted by molar-refractivity contribution is 5.99. The van der Waals surface area contributed by atoms with Crippen LogP contribution in [0.5, 0.6) is 11.5 Å². The molecule has 0 aromatic heterocycles. The van der Waals surface area contributed by atoms with Crippen molar-refractivity contribution in [1.82, 2.24) is 21.7 Å². The molecule has 2 rings (SSSR count). The lowest BCUT2D eigenvalue weighted by Crippen LogP contribution is -2.45. The molecule has 10 nitrogen and oxygen atoms in total. The smallest absolute Gasteiger partial charge is 0.273 e. The summed E-state index contributed by atoms with van der Waals surface area (Å²) in [5.41, 5.74) is 11.4. The number of aromatic hydroxyl groups is 2. The molecule has 2 atom stereocenters. The molecule has 0 saturated heterocycles. The van der Waals surface area contributed by atoms with Crippen LogP contribution in [-0.2, 0) is 22.4 Å². The van der Waals surface area contributed by atoms with Gasteiger partial charge in [-0.3, -0.25) is 40.9 Å². The van der Waals surface area contributed by atoms with E-state index in [0.717, 1.165) is 32.1 Å². The second-order valence-corrected chi connectivity index (χ2v) is 11.2. The van der Waals surface area contributed by atoms with Crippen LogP contribution in [0.1, 0.15) is 124 Å². The number of carbonyl (C=O) groups is 4. The zero-order valence-electron chi connectivity index (χ0n) is 26.6. The first-order valence-electron chi connectivity index (χ1n) is 16.0. The summed E-state index contributed by atoms with van der Waals surface area (Å²) in [6, 6.07) is 10.0. The minimum atomic E-state index is -0.591. The van der Waals surface area contributed by atoms with Gasteiger partial charge in [0.05, 0.1) is 11.1 Å². The van der Waals surface area contributed by atoms with Gasteiger partial charge in [-0.25, -0.2) is 0 Å². The van der Waals surface area contributed by atoms with Crippen molar-refractivity contribution < 1.29 is 29.4 Å². The van der Waals surface area contributed by atoms with Crippen LogP contribution < -0.4 is 21.7 Å². The van der Waals surface area contributed by atoms with Gasteiger partial charge in [0.15, 0.2) is 0 Å². The molecule has 242 valence electrons. The molecular formula is C34H50N4O6. The number of hydrazine groups is 2. The Balaban J connectivity index is 1.87. The van der Waals surface area contributed by atoms with Crippen molar-refractivity contribution in [3.8, 4) is 11.5 Å². The number of phenolic OH excluding ortho intramolecular Hbond substituents is 2. The molecule has 6 N–H and O–H groups in total. The highest BCUT2D eigenvalue weighted by Gasteiger charge is 2.23. The van der Waals surface area contributed by atoms with Crippen LogP contribution in [0.4, 0.5) is 0 Å². The number of unbranched alkanes of at least 4 members (excludes halogenated alkanes) is 2. The van der Waals surface area contributed by atoms with E-state index in [-0.39, 0.29) is 46.3 Å². The molecule has 10 heteroatoms. The van der Waals surface area contributed by atoms with Gasteiger partial charge in [0.1, 0.15) is 11.5 Å². The molecule has 0 aliphatic heterocycles. The molecule has 0 aliphatic carbocycles. The number of phenols is 2. The van der Waals surface area contributed by atoms with E-state index in [1.165, 1.54) is 12.1 Å². The molecule has 2 aromatic carbocycles. The molecule has 0 radical (unpaired) electrons. The summed E-state index contributed by atoms with van der Waals surface area (Å²) < 4.78 is 0. The number of amides is 4. The van der Waals surface area contributed by atoms with E-state index in [1.54, 1.807) is 24.3 Å². The molecule has 44 heavy (non-hydrogen) atoms. The first-order chi connectivity index (χ1) is 21.2. The Morgan fingerprint density at radius 2 is 1.05 bits per heavy atom. The number of hydrogen-bond donors (Lipinski definition) is 6. The van der Waals surface area contributed by atoms with Gasteiger partial charge in [-0.15, -0.1) is 0 Å². The zero-order valence-corrected chi connectivity index (χ0v) is 26.6. The van der Waals surface area contributed by atoms with Crippen molar-refractivity contribution >= 4 is 23.6 Å². The monoisotopic (exact) mass is 610 g/mol. The van der Waals surface area contributed by atoms with E-state index in [0.29, 0.717) is 56.1 Å². The second-order valence-electron chi connectivity index (χ2n) is 11.2. The standard InChI is InChI=1S/C34H50N4O6/c1-5-9-15-24-18-12-21-27(29(24)39)33(43)37-35-31(41)23(8-4)17-11-20-26(14-7-3)32(42)36-38-34(44)28-22-13-19-25(30(28)40)16-10-6-2/h12-13,18-19,21-23,26,39-40H,5-11,14-17,20H2,1-4H3,(H,35,41)(H,36,42)(H,37,43)(H,38,44). The van der Waals surface area contributed by atoms with E-state index in [4.69, 9.17) is 0 Å². The van der Waals surface area contributed by atoms with Gasteiger partial charge in [0, 0.05) is 11.8 Å². The third kappa shape index (κ3) is 10.9. The van der Waals surface area contributed by atoms with Gasteiger partial charge in [0.25, 0.3) is 11.8 Å². The van der Waals surface area contributed by atoms with Crippen LogP contribution in [0.2, 0.25) is 0 Å². The number of nitrogens with one attached hydrogen (secondary N) is 4. The maximum atomic E-state index is 12.9. The first kappa shape index (κ1) is 36.1. The summed E-state index contributed by atoms with van der Waals surface area (Å²) >= 11 is 0. The van der Waals surface area contributed by atoms with E-state index in [2.05, 4.69) is 35.6 Å². The van der Waals surface area contributed by atoms with Crippen molar-refractivity contribution in [2.75, 3.05) is 0 Å². The fourth-order valence-corrected chi connectivity index (χ4v) is 5.15. The summed E-state index contributed by atoms with van der Waals surface area (Å²) in [5.74, 6) is -2.74. The Hall–Kier alpha value is -4.08. The Labute approximate surface area is 261 Å². The SMILES string of the molecule is CCCCc1cccc(C(=O)NNC(=O)C(CC)CCCC(CCC)C(=O)NNC(=O)c2cccc(CCCC)c2O)c1O. The number of rotatable bonds is 17. The summed E-state index contributed by atoms with van der Waals surface area (Å²) in [7, 11) is 0. The van der Waals surface area contributed by atoms with Gasteiger partial charge in [-0.05, 0) is 74.6 Å². The third-order valence-electron chi connectivity index (χ3n) is 7.90. The van der Waals surface area contributed by atoms with Crippen molar-refractivity contribution in [2.24, 2.45) is 11.8 Å². The molecule has 2 aromatic rings. The average Bonchev–Trinajstić information content (AvgIpc) is 3.02. The summed E-state index contributed by atoms with van der Waals surface area (Å²) in [4.78, 5) is 51.1. The highest BCUT2D eigenvalue weighted by Crippen LogP contribution is 2.25. The molecular weight excluding hydrogens is 560 g/mol. The topological polar surface area (TPSA) is 157 Å². The summed E-state index contributed by atoms with van der Waals surface area (Å²) in [6.45, 7) is 7.96. The molecule has 2 unspecified atom stereocenters. The molecule has 0 bridgehead atoms. The van der Waals surface area contributed by atoms with Gasteiger partial charge in [0.2, 0.25) is 11.8 Å². The van der Waals surface area contributed by atoms with E-state index in [9.17, 15) is 29.4 Å². The zero-order chi connectivity index (χ0) is 32.5. The van der Waals surface area contributed by atoms with Crippen LogP contribution in [-0.4, -0.2) is 33.8 Å². The number of para-hydroxylation sites is 2. The van der Waals surface area contributed by atoms with Gasteiger partial charge in [-0.1, -0.05) is 77.6 Å². The normalized spacial score (nSPS) is 12.2. The van der Waals surface area contributed by atoms with Crippen LogP contribution in [0.3, 0.4) is 0 Å². The molecule has 0 aliphatic rings. The summed E-state index contributed by atoms with van der Waals surface area (Å²) in [6.07, 6.45) is 8.56. The van der Waals surface area contributed by atoms with Crippen molar-refractivity contribution in [2.45, 2.75) is 105 Å². The molecule has 0 saturated carbocycles. The van der Waals surface area contributed by atoms with Crippen molar-refractivity contribution in [3.63, 3.8) is 0 Å². The fourth-order valence-electron chi connectivity index (χ4n) is 5.15. The first-order valence-corrected chi connectivity index (χ1v) is 16.0. The average molecular weight is 611 g/mol. The molecule has 0 fully saturated rings. The second kappa shape index (κ2) is 19.2.